The topological polar surface area (TPSA) is 70.7 Å². The normalized spacial score (nSPS) is 13.3. The van der Waals surface area contributed by atoms with Crippen molar-refractivity contribution in [1.29, 1.82) is 0 Å². The SMILES string of the molecule is CCOCCCNC(=O)c1cc(NC(=O)CCc2ccccc2)ccc1N1CCCC1. The quantitative estimate of drug-likeness (QED) is 0.536. The summed E-state index contributed by atoms with van der Waals surface area (Å²) in [5.74, 6) is -0.167. The molecule has 0 radical (unpaired) electrons. The Labute approximate surface area is 185 Å². The number of hydrogen-bond donors (Lipinski definition) is 2. The minimum atomic E-state index is -0.112. The zero-order valence-electron chi connectivity index (χ0n) is 18.4. The van der Waals surface area contributed by atoms with Crippen LogP contribution in [-0.2, 0) is 16.0 Å². The highest BCUT2D eigenvalue weighted by Gasteiger charge is 2.20. The number of benzene rings is 2. The molecule has 6 nitrogen and oxygen atoms in total. The van der Waals surface area contributed by atoms with E-state index >= 15 is 0 Å². The first kappa shape index (κ1) is 22.8. The van der Waals surface area contributed by atoms with Gasteiger partial charge in [-0.05, 0) is 56.4 Å². The third-order valence-corrected chi connectivity index (χ3v) is 5.41. The van der Waals surface area contributed by atoms with Gasteiger partial charge in [-0.2, -0.15) is 0 Å². The van der Waals surface area contributed by atoms with Crippen molar-refractivity contribution in [3.8, 4) is 0 Å². The molecule has 0 aliphatic carbocycles. The Balaban J connectivity index is 1.64. The van der Waals surface area contributed by atoms with Gasteiger partial charge >= 0.3 is 0 Å². The Kier molecular flexibility index (Phi) is 8.91. The molecule has 1 fully saturated rings. The van der Waals surface area contributed by atoms with Crippen LogP contribution >= 0.6 is 0 Å². The lowest BCUT2D eigenvalue weighted by Gasteiger charge is -2.22. The summed E-state index contributed by atoms with van der Waals surface area (Å²) in [6.07, 6.45) is 4.12. The van der Waals surface area contributed by atoms with Gasteiger partial charge in [0, 0.05) is 50.6 Å². The molecule has 2 N–H and O–H groups in total. The molecule has 1 saturated heterocycles. The number of rotatable bonds is 11. The zero-order chi connectivity index (χ0) is 21.9. The van der Waals surface area contributed by atoms with E-state index < -0.39 is 0 Å². The van der Waals surface area contributed by atoms with E-state index in [1.165, 1.54) is 0 Å². The van der Waals surface area contributed by atoms with Crippen LogP contribution in [0.15, 0.2) is 48.5 Å². The van der Waals surface area contributed by atoms with Crippen molar-refractivity contribution in [2.75, 3.05) is 43.1 Å². The van der Waals surface area contributed by atoms with Crippen LogP contribution in [0.5, 0.6) is 0 Å². The largest absolute Gasteiger partial charge is 0.382 e. The van der Waals surface area contributed by atoms with Crippen LogP contribution in [0.4, 0.5) is 11.4 Å². The summed E-state index contributed by atoms with van der Waals surface area (Å²) in [7, 11) is 0. The van der Waals surface area contributed by atoms with Crippen molar-refractivity contribution in [3.05, 3.63) is 59.7 Å². The Bertz CT molecular complexity index is 848. The number of aryl methyl sites for hydroxylation is 1. The van der Waals surface area contributed by atoms with Crippen molar-refractivity contribution in [1.82, 2.24) is 5.32 Å². The molecule has 1 aliphatic heterocycles. The van der Waals surface area contributed by atoms with Crippen molar-refractivity contribution in [2.24, 2.45) is 0 Å². The van der Waals surface area contributed by atoms with Gasteiger partial charge in [-0.1, -0.05) is 30.3 Å². The maximum absolute atomic E-state index is 12.9. The molecule has 0 aromatic heterocycles. The molecule has 166 valence electrons. The van der Waals surface area contributed by atoms with E-state index in [0.717, 1.165) is 43.6 Å². The van der Waals surface area contributed by atoms with Gasteiger partial charge in [0.15, 0.2) is 0 Å². The van der Waals surface area contributed by atoms with Crippen LogP contribution in [0.1, 0.15) is 48.5 Å². The second-order valence-corrected chi connectivity index (χ2v) is 7.77. The number of carbonyl (C=O) groups is 2. The van der Waals surface area contributed by atoms with Crippen molar-refractivity contribution in [3.63, 3.8) is 0 Å². The number of nitrogens with zero attached hydrogens (tertiary/aromatic N) is 1. The lowest BCUT2D eigenvalue weighted by molar-refractivity contribution is -0.116. The Morgan fingerprint density at radius 2 is 1.84 bits per heavy atom. The summed E-state index contributed by atoms with van der Waals surface area (Å²) in [5.41, 5.74) is 3.33. The second-order valence-electron chi connectivity index (χ2n) is 7.77. The van der Waals surface area contributed by atoms with E-state index in [9.17, 15) is 9.59 Å². The molecule has 31 heavy (non-hydrogen) atoms. The fraction of sp³-hybridized carbons (Fsp3) is 0.440. The number of nitrogens with one attached hydrogen (secondary N) is 2. The fourth-order valence-electron chi connectivity index (χ4n) is 3.77. The highest BCUT2D eigenvalue weighted by molar-refractivity contribution is 6.02. The van der Waals surface area contributed by atoms with E-state index in [0.29, 0.717) is 43.9 Å². The zero-order valence-corrected chi connectivity index (χ0v) is 18.4. The fourth-order valence-corrected chi connectivity index (χ4v) is 3.77. The Morgan fingerprint density at radius 3 is 2.58 bits per heavy atom. The first-order valence-electron chi connectivity index (χ1n) is 11.3. The van der Waals surface area contributed by atoms with Gasteiger partial charge in [-0.3, -0.25) is 9.59 Å². The highest BCUT2D eigenvalue weighted by atomic mass is 16.5. The predicted molar refractivity (Wildman–Crippen MR) is 125 cm³/mol. The molecule has 0 bridgehead atoms. The van der Waals surface area contributed by atoms with Crippen LogP contribution in [-0.4, -0.2) is 44.7 Å². The number of anilines is 2. The van der Waals surface area contributed by atoms with Crippen molar-refractivity contribution >= 4 is 23.2 Å². The average molecular weight is 424 g/mol. The maximum Gasteiger partial charge on any atom is 0.253 e. The molecule has 1 aliphatic rings. The average Bonchev–Trinajstić information content (AvgIpc) is 3.33. The van der Waals surface area contributed by atoms with E-state index in [-0.39, 0.29) is 11.8 Å². The molecule has 0 unspecified atom stereocenters. The summed E-state index contributed by atoms with van der Waals surface area (Å²) in [5, 5.41) is 5.94. The predicted octanol–water partition coefficient (Wildman–Crippen LogP) is 4.01. The van der Waals surface area contributed by atoms with Gasteiger partial charge in [0.25, 0.3) is 5.91 Å². The summed E-state index contributed by atoms with van der Waals surface area (Å²) in [4.78, 5) is 27.6. The Hall–Kier alpha value is -2.86. The van der Waals surface area contributed by atoms with Gasteiger partial charge in [0.2, 0.25) is 5.91 Å². The third-order valence-electron chi connectivity index (χ3n) is 5.41. The van der Waals surface area contributed by atoms with Crippen LogP contribution in [0.25, 0.3) is 0 Å². The first-order valence-corrected chi connectivity index (χ1v) is 11.3. The van der Waals surface area contributed by atoms with Crippen LogP contribution < -0.4 is 15.5 Å². The third kappa shape index (κ3) is 7.10. The molecule has 0 saturated carbocycles. The van der Waals surface area contributed by atoms with Crippen LogP contribution in [0.2, 0.25) is 0 Å². The van der Waals surface area contributed by atoms with Gasteiger partial charge in [0.05, 0.1) is 5.56 Å². The van der Waals surface area contributed by atoms with Gasteiger partial charge in [-0.25, -0.2) is 0 Å². The van der Waals surface area contributed by atoms with E-state index in [1.807, 2.05) is 49.4 Å². The molecule has 0 atom stereocenters. The summed E-state index contributed by atoms with van der Waals surface area (Å²) >= 11 is 0. The molecular formula is C25H33N3O3. The van der Waals surface area contributed by atoms with Crippen LogP contribution in [0.3, 0.4) is 0 Å². The van der Waals surface area contributed by atoms with E-state index in [4.69, 9.17) is 4.74 Å². The number of ether oxygens (including phenoxy) is 1. The molecular weight excluding hydrogens is 390 g/mol. The molecule has 1 heterocycles. The lowest BCUT2D eigenvalue weighted by atomic mass is 10.1. The molecule has 3 rings (SSSR count). The smallest absolute Gasteiger partial charge is 0.253 e. The summed E-state index contributed by atoms with van der Waals surface area (Å²) in [6, 6.07) is 15.6. The monoisotopic (exact) mass is 423 g/mol. The standard InChI is InChI=1S/C25H33N3O3/c1-2-31-18-8-15-26-25(30)22-19-21(12-13-23(22)28-16-6-7-17-28)27-24(29)14-11-20-9-4-3-5-10-20/h3-5,9-10,12-13,19H,2,6-8,11,14-18H2,1H3,(H,26,30)(H,27,29). The van der Waals surface area contributed by atoms with E-state index in [1.54, 1.807) is 6.07 Å². The molecule has 6 heteroatoms. The molecule has 2 amide bonds. The van der Waals surface area contributed by atoms with Crippen molar-refractivity contribution in [2.45, 2.75) is 39.0 Å². The minimum Gasteiger partial charge on any atom is -0.382 e. The van der Waals surface area contributed by atoms with Crippen molar-refractivity contribution < 1.29 is 14.3 Å². The van der Waals surface area contributed by atoms with Crippen LogP contribution in [0, 0.1) is 0 Å². The lowest BCUT2D eigenvalue weighted by Crippen LogP contribution is -2.29. The van der Waals surface area contributed by atoms with Gasteiger partial charge in [-0.15, -0.1) is 0 Å². The molecule has 0 spiro atoms. The second kappa shape index (κ2) is 12.1. The highest BCUT2D eigenvalue weighted by Crippen LogP contribution is 2.27. The summed E-state index contributed by atoms with van der Waals surface area (Å²) in [6.45, 7) is 5.74. The molecule has 2 aromatic carbocycles. The number of carbonyl (C=O) groups excluding carboxylic acids is 2. The van der Waals surface area contributed by atoms with E-state index in [2.05, 4.69) is 15.5 Å². The first-order chi connectivity index (χ1) is 15.2. The molecule has 2 aromatic rings. The number of hydrogen-bond acceptors (Lipinski definition) is 4. The summed E-state index contributed by atoms with van der Waals surface area (Å²) < 4.78 is 5.34. The Morgan fingerprint density at radius 1 is 1.06 bits per heavy atom. The van der Waals surface area contributed by atoms with Gasteiger partial charge in [0.1, 0.15) is 0 Å². The minimum absolute atomic E-state index is 0.0548. The van der Waals surface area contributed by atoms with Gasteiger partial charge < -0.3 is 20.3 Å². The maximum atomic E-state index is 12.9. The number of amides is 2.